The number of pyridine rings is 1. The van der Waals surface area contributed by atoms with Gasteiger partial charge in [-0.25, -0.2) is 0 Å². The maximum Gasteiger partial charge on any atom is 0.226 e. The molecule has 0 radical (unpaired) electrons. The number of amides is 1. The molecule has 0 aliphatic carbocycles. The average Bonchev–Trinajstić information content (AvgIpc) is 2.50. The van der Waals surface area contributed by atoms with Crippen molar-refractivity contribution in [1.29, 1.82) is 0 Å². The van der Waals surface area contributed by atoms with Gasteiger partial charge in [0.15, 0.2) is 8.32 Å². The smallest absolute Gasteiger partial charge is 0.226 e. The molecule has 1 aromatic rings. The zero-order valence-electron chi connectivity index (χ0n) is 16.4. The van der Waals surface area contributed by atoms with E-state index in [4.69, 9.17) is 16.6 Å². The monoisotopic (exact) mass is 378 g/mol. The normalized spacial score (nSPS) is 20.8. The minimum atomic E-state index is -1.94. The van der Waals surface area contributed by atoms with E-state index in [-0.39, 0.29) is 29.1 Å². The van der Waals surface area contributed by atoms with Crippen LogP contribution in [0.3, 0.4) is 0 Å². The Morgan fingerprint density at radius 3 is 2.48 bits per heavy atom. The van der Waals surface area contributed by atoms with E-state index in [0.29, 0.717) is 6.42 Å². The second-order valence-electron chi connectivity index (χ2n) is 8.42. The molecule has 0 saturated carbocycles. The molecule has 1 aliphatic heterocycles. The fourth-order valence-electron chi connectivity index (χ4n) is 2.92. The third kappa shape index (κ3) is 4.18. The zero-order valence-corrected chi connectivity index (χ0v) is 18.2. The lowest BCUT2D eigenvalue weighted by molar-refractivity contribution is -0.161. The van der Waals surface area contributed by atoms with Gasteiger partial charge in [-0.2, -0.15) is 0 Å². The molecule has 2 rings (SSSR count). The van der Waals surface area contributed by atoms with Crippen LogP contribution in [0, 0.1) is 5.92 Å². The van der Waals surface area contributed by atoms with Crippen LogP contribution in [0.25, 0.3) is 0 Å². The number of nitrogens with zero attached hydrogens (tertiary/aromatic N) is 2. The molecule has 1 unspecified atom stereocenters. The van der Waals surface area contributed by atoms with Crippen molar-refractivity contribution in [3.63, 3.8) is 0 Å². The maximum atomic E-state index is 12.3. The summed E-state index contributed by atoms with van der Waals surface area (Å²) in [6, 6.07) is 5.83. The topological polar surface area (TPSA) is 42.4 Å². The Morgan fingerprint density at radius 2 is 2.00 bits per heavy atom. The number of carbonyl (C=O) groups excluding carboxylic acids is 1. The van der Waals surface area contributed by atoms with Crippen LogP contribution >= 0.6 is 12.2 Å². The average molecular weight is 379 g/mol. The first-order chi connectivity index (χ1) is 11.5. The summed E-state index contributed by atoms with van der Waals surface area (Å²) >= 11 is 5.63. The first-order valence-corrected chi connectivity index (χ1v) is 12.2. The predicted molar refractivity (Wildman–Crippen MR) is 108 cm³/mol. The van der Waals surface area contributed by atoms with Gasteiger partial charge in [0.25, 0.3) is 0 Å². The second kappa shape index (κ2) is 7.25. The standard InChI is InChI=1S/C19H30N2O2SSi/c1-13(18(24)15-10-8-9-11-20-15)16-12-17(22)21(16)14(2)23-25(6,7)19(3,4)5/h8-11,13-14,16H,12H2,1-7H3/t13-,14-,16?/m1/s1. The Labute approximate surface area is 158 Å². The van der Waals surface area contributed by atoms with Gasteiger partial charge in [0, 0.05) is 23.4 Å². The third-order valence-corrected chi connectivity index (χ3v) is 10.7. The number of rotatable bonds is 6. The van der Waals surface area contributed by atoms with Gasteiger partial charge in [-0.3, -0.25) is 9.78 Å². The van der Waals surface area contributed by atoms with Crippen molar-refractivity contribution in [2.45, 2.75) is 71.4 Å². The van der Waals surface area contributed by atoms with Crippen molar-refractivity contribution < 1.29 is 9.22 Å². The summed E-state index contributed by atoms with van der Waals surface area (Å²) in [5.41, 5.74) is 0.822. The summed E-state index contributed by atoms with van der Waals surface area (Å²) in [5, 5.41) is 0.111. The summed E-state index contributed by atoms with van der Waals surface area (Å²) in [5.74, 6) is 0.222. The molecule has 0 N–H and O–H groups in total. The van der Waals surface area contributed by atoms with Gasteiger partial charge in [-0.05, 0) is 37.2 Å². The second-order valence-corrected chi connectivity index (χ2v) is 13.6. The number of hydrogen-bond acceptors (Lipinski definition) is 4. The van der Waals surface area contributed by atoms with Crippen molar-refractivity contribution in [1.82, 2.24) is 9.88 Å². The van der Waals surface area contributed by atoms with E-state index in [1.54, 1.807) is 6.20 Å². The number of carbonyl (C=O) groups is 1. The van der Waals surface area contributed by atoms with Crippen LogP contribution in [-0.2, 0) is 9.22 Å². The molecular weight excluding hydrogens is 348 g/mol. The molecule has 1 aliphatic rings. The highest BCUT2D eigenvalue weighted by molar-refractivity contribution is 7.80. The number of aromatic nitrogens is 1. The molecule has 3 atom stereocenters. The van der Waals surface area contributed by atoms with Crippen LogP contribution in [0.2, 0.25) is 18.1 Å². The Morgan fingerprint density at radius 1 is 1.36 bits per heavy atom. The van der Waals surface area contributed by atoms with Crippen molar-refractivity contribution in [2.24, 2.45) is 5.92 Å². The zero-order chi connectivity index (χ0) is 19.0. The number of thiocarbonyl (C=S) groups is 1. The lowest BCUT2D eigenvalue weighted by atomic mass is 9.86. The van der Waals surface area contributed by atoms with Gasteiger partial charge >= 0.3 is 0 Å². The molecule has 1 fully saturated rings. The highest BCUT2D eigenvalue weighted by atomic mass is 32.1. The molecular formula is C19H30N2O2SSi. The van der Waals surface area contributed by atoms with Crippen LogP contribution in [0.15, 0.2) is 24.4 Å². The molecule has 1 saturated heterocycles. The van der Waals surface area contributed by atoms with Crippen LogP contribution in [0.4, 0.5) is 0 Å². The molecule has 6 heteroatoms. The molecule has 25 heavy (non-hydrogen) atoms. The summed E-state index contributed by atoms with van der Waals surface area (Å²) in [6.07, 6.45) is 2.06. The van der Waals surface area contributed by atoms with Gasteiger partial charge < -0.3 is 9.33 Å². The van der Waals surface area contributed by atoms with Gasteiger partial charge in [0.1, 0.15) is 6.23 Å². The number of likely N-dealkylation sites (tertiary alicyclic amines) is 1. The Kier molecular flexibility index (Phi) is 5.86. The maximum absolute atomic E-state index is 12.3. The first-order valence-electron chi connectivity index (χ1n) is 8.90. The SMILES string of the molecule is C[C@@H](C(=S)c1ccccn1)C1CC(=O)N1[C@@H](C)O[Si](C)(C)C(C)(C)C. The van der Waals surface area contributed by atoms with E-state index >= 15 is 0 Å². The molecule has 2 heterocycles. The molecule has 1 amide bonds. The highest BCUT2D eigenvalue weighted by Gasteiger charge is 2.47. The fraction of sp³-hybridized carbons (Fsp3) is 0.632. The van der Waals surface area contributed by atoms with E-state index in [0.717, 1.165) is 10.6 Å². The van der Waals surface area contributed by atoms with E-state index < -0.39 is 8.32 Å². The summed E-state index contributed by atoms with van der Waals surface area (Å²) < 4.78 is 6.43. The van der Waals surface area contributed by atoms with Crippen molar-refractivity contribution >= 4 is 31.3 Å². The predicted octanol–water partition coefficient (Wildman–Crippen LogP) is 4.40. The van der Waals surface area contributed by atoms with Crippen molar-refractivity contribution in [3.8, 4) is 0 Å². The lowest BCUT2D eigenvalue weighted by Gasteiger charge is -2.50. The molecule has 4 nitrogen and oxygen atoms in total. The first kappa shape index (κ1) is 20.2. The quantitative estimate of drug-likeness (QED) is 0.318. The Balaban J connectivity index is 2.11. The van der Waals surface area contributed by atoms with Crippen LogP contribution < -0.4 is 0 Å². The highest BCUT2D eigenvalue weighted by Crippen LogP contribution is 2.39. The van der Waals surface area contributed by atoms with E-state index in [1.807, 2.05) is 30.0 Å². The van der Waals surface area contributed by atoms with E-state index in [2.05, 4.69) is 45.8 Å². The molecule has 0 bridgehead atoms. The summed E-state index contributed by atoms with van der Waals surface area (Å²) in [4.78, 5) is 19.3. The number of hydrogen-bond donors (Lipinski definition) is 0. The largest absolute Gasteiger partial charge is 0.397 e. The van der Waals surface area contributed by atoms with E-state index in [9.17, 15) is 4.79 Å². The molecule has 1 aromatic heterocycles. The Hall–Kier alpha value is -1.11. The van der Waals surface area contributed by atoms with Gasteiger partial charge in [0.05, 0.1) is 11.7 Å². The number of β-lactam (4-membered cyclic amide) rings is 1. The van der Waals surface area contributed by atoms with Gasteiger partial charge in [-0.1, -0.05) is 46.0 Å². The Bertz CT molecular complexity index is 643. The van der Waals surface area contributed by atoms with Gasteiger partial charge in [-0.15, -0.1) is 0 Å². The third-order valence-electron chi connectivity index (χ3n) is 5.60. The summed E-state index contributed by atoms with van der Waals surface area (Å²) in [7, 11) is -1.94. The van der Waals surface area contributed by atoms with Crippen molar-refractivity contribution in [3.05, 3.63) is 30.1 Å². The van der Waals surface area contributed by atoms with Crippen LogP contribution in [0.5, 0.6) is 0 Å². The molecule has 0 aromatic carbocycles. The fourth-order valence-corrected chi connectivity index (χ4v) is 4.52. The van der Waals surface area contributed by atoms with Crippen LogP contribution in [-0.4, -0.2) is 41.2 Å². The van der Waals surface area contributed by atoms with E-state index in [1.165, 1.54) is 0 Å². The minimum absolute atomic E-state index is 0.0769. The molecule has 138 valence electrons. The van der Waals surface area contributed by atoms with Crippen molar-refractivity contribution in [2.75, 3.05) is 0 Å². The summed E-state index contributed by atoms with van der Waals surface area (Å²) in [6.45, 7) is 15.1. The van der Waals surface area contributed by atoms with Gasteiger partial charge in [0.2, 0.25) is 5.91 Å². The molecule has 0 spiro atoms. The minimum Gasteiger partial charge on any atom is -0.397 e. The lowest BCUT2D eigenvalue weighted by Crippen LogP contribution is -2.62. The van der Waals surface area contributed by atoms with Crippen LogP contribution in [0.1, 0.15) is 46.7 Å².